The SMILES string of the molecule is CCCCCCCCCCCCC#CCCCCCCCCC(=O)NCCCOCCOCCOCCCNC(=O)CN. The molecule has 2 amide bonds. The standard InChI is InChI=1S/C35H67N3O5/c1-2-3-4-5-6-7-8-9-10-11-12-13-14-15-16-17-18-19-20-21-24-34(39)37-25-22-27-41-29-31-43-32-30-42-28-23-26-38-35(40)33-36/h2-12,15-33,36H2,1H3,(H,37,39)(H,38,40). The van der Waals surface area contributed by atoms with E-state index in [-0.39, 0.29) is 18.4 Å². The molecule has 8 nitrogen and oxygen atoms in total. The summed E-state index contributed by atoms with van der Waals surface area (Å²) in [6, 6.07) is 0. The zero-order valence-corrected chi connectivity index (χ0v) is 27.8. The summed E-state index contributed by atoms with van der Waals surface area (Å²) in [6.45, 7) is 6.79. The highest BCUT2D eigenvalue weighted by atomic mass is 16.5. The molecule has 0 bridgehead atoms. The number of carbonyl (C=O) groups excluding carboxylic acids is 2. The summed E-state index contributed by atoms with van der Waals surface area (Å²) in [4.78, 5) is 23.0. The fourth-order valence-electron chi connectivity index (χ4n) is 4.59. The maximum atomic E-state index is 12.0. The van der Waals surface area contributed by atoms with Gasteiger partial charge in [-0.25, -0.2) is 0 Å². The molecule has 0 rings (SSSR count). The zero-order chi connectivity index (χ0) is 31.3. The van der Waals surface area contributed by atoms with Crippen molar-refractivity contribution in [3.05, 3.63) is 0 Å². The van der Waals surface area contributed by atoms with Crippen LogP contribution in [0.3, 0.4) is 0 Å². The molecule has 252 valence electrons. The van der Waals surface area contributed by atoms with E-state index in [9.17, 15) is 9.59 Å². The lowest BCUT2D eigenvalue weighted by Crippen LogP contribution is -2.31. The quantitative estimate of drug-likeness (QED) is 0.0583. The summed E-state index contributed by atoms with van der Waals surface area (Å²) in [5.41, 5.74) is 5.21. The van der Waals surface area contributed by atoms with Crippen molar-refractivity contribution < 1.29 is 23.8 Å². The minimum absolute atomic E-state index is 0.0163. The number of nitrogens with one attached hydrogen (secondary N) is 2. The van der Waals surface area contributed by atoms with E-state index in [0.717, 1.165) is 38.5 Å². The second-order valence-electron chi connectivity index (χ2n) is 11.4. The van der Waals surface area contributed by atoms with Gasteiger partial charge in [-0.1, -0.05) is 90.4 Å². The third-order valence-corrected chi connectivity index (χ3v) is 7.24. The second-order valence-corrected chi connectivity index (χ2v) is 11.4. The van der Waals surface area contributed by atoms with E-state index in [1.165, 1.54) is 89.9 Å². The van der Waals surface area contributed by atoms with Crippen LogP contribution in [0.25, 0.3) is 0 Å². The van der Waals surface area contributed by atoms with Crippen LogP contribution in [0.5, 0.6) is 0 Å². The van der Waals surface area contributed by atoms with Crippen LogP contribution in [0.4, 0.5) is 0 Å². The van der Waals surface area contributed by atoms with Gasteiger partial charge in [0.05, 0.1) is 33.0 Å². The highest BCUT2D eigenvalue weighted by Gasteiger charge is 2.01. The Balaban J connectivity index is 3.22. The average Bonchev–Trinajstić information content (AvgIpc) is 3.01. The van der Waals surface area contributed by atoms with Crippen molar-refractivity contribution in [2.24, 2.45) is 5.73 Å². The van der Waals surface area contributed by atoms with Crippen LogP contribution in [0.1, 0.15) is 142 Å². The summed E-state index contributed by atoms with van der Waals surface area (Å²) in [5, 5.41) is 5.67. The van der Waals surface area contributed by atoms with Gasteiger partial charge < -0.3 is 30.6 Å². The maximum Gasteiger partial charge on any atom is 0.233 e. The number of hydrogen-bond acceptors (Lipinski definition) is 6. The minimum atomic E-state index is -0.149. The van der Waals surface area contributed by atoms with E-state index < -0.39 is 0 Å². The molecule has 0 unspecified atom stereocenters. The van der Waals surface area contributed by atoms with Gasteiger partial charge in [0.25, 0.3) is 0 Å². The minimum Gasteiger partial charge on any atom is -0.379 e. The third-order valence-electron chi connectivity index (χ3n) is 7.24. The van der Waals surface area contributed by atoms with Gasteiger partial charge in [0.2, 0.25) is 11.8 Å². The molecule has 4 N–H and O–H groups in total. The summed E-state index contributed by atoms with van der Waals surface area (Å²) >= 11 is 0. The maximum absolute atomic E-state index is 12.0. The van der Waals surface area contributed by atoms with Crippen LogP contribution in [-0.4, -0.2) is 71.1 Å². The van der Waals surface area contributed by atoms with Crippen molar-refractivity contribution in [1.29, 1.82) is 0 Å². The molecular weight excluding hydrogens is 542 g/mol. The number of carbonyl (C=O) groups is 2. The zero-order valence-electron chi connectivity index (χ0n) is 27.8. The Morgan fingerprint density at radius 2 is 0.907 bits per heavy atom. The topological polar surface area (TPSA) is 112 Å². The number of rotatable bonds is 33. The largest absolute Gasteiger partial charge is 0.379 e. The van der Waals surface area contributed by atoms with Crippen molar-refractivity contribution >= 4 is 11.8 Å². The van der Waals surface area contributed by atoms with E-state index in [2.05, 4.69) is 29.4 Å². The Morgan fingerprint density at radius 3 is 1.37 bits per heavy atom. The molecular formula is C35H67N3O5. The number of nitrogens with two attached hydrogens (primary N) is 1. The van der Waals surface area contributed by atoms with Gasteiger partial charge in [-0.3, -0.25) is 9.59 Å². The highest BCUT2D eigenvalue weighted by Crippen LogP contribution is 2.11. The number of unbranched alkanes of at least 4 members (excludes halogenated alkanes) is 16. The average molecular weight is 610 g/mol. The molecule has 43 heavy (non-hydrogen) atoms. The molecule has 0 aliphatic heterocycles. The third kappa shape index (κ3) is 36.4. The van der Waals surface area contributed by atoms with Gasteiger partial charge in [-0.2, -0.15) is 0 Å². The first-order chi connectivity index (χ1) is 21.2. The number of ether oxygens (including phenoxy) is 3. The highest BCUT2D eigenvalue weighted by molar-refractivity contribution is 5.77. The Hall–Kier alpha value is -1.66. The lowest BCUT2D eigenvalue weighted by Gasteiger charge is -2.08. The fraction of sp³-hybridized carbons (Fsp3) is 0.886. The molecule has 0 fully saturated rings. The van der Waals surface area contributed by atoms with Crippen LogP contribution in [0, 0.1) is 11.8 Å². The molecule has 0 saturated heterocycles. The van der Waals surface area contributed by atoms with E-state index in [1.807, 2.05) is 0 Å². The molecule has 0 aliphatic rings. The Morgan fingerprint density at radius 1 is 0.512 bits per heavy atom. The van der Waals surface area contributed by atoms with E-state index in [4.69, 9.17) is 19.9 Å². The first-order valence-corrected chi connectivity index (χ1v) is 17.6. The summed E-state index contributed by atoms with van der Waals surface area (Å²) in [6.07, 6.45) is 25.1. The second kappa shape index (κ2) is 36.5. The van der Waals surface area contributed by atoms with Gasteiger partial charge in [0.15, 0.2) is 0 Å². The first-order valence-electron chi connectivity index (χ1n) is 17.6. The molecule has 0 aromatic heterocycles. The predicted octanol–water partition coefficient (Wildman–Crippen LogP) is 6.44. The van der Waals surface area contributed by atoms with Gasteiger partial charge >= 0.3 is 0 Å². The number of hydrogen-bond donors (Lipinski definition) is 3. The molecule has 0 aromatic rings. The summed E-state index contributed by atoms with van der Waals surface area (Å²) in [5.74, 6) is 6.71. The van der Waals surface area contributed by atoms with Crippen molar-refractivity contribution in [2.75, 3.05) is 59.3 Å². The van der Waals surface area contributed by atoms with Gasteiger partial charge in [-0.05, 0) is 32.1 Å². The van der Waals surface area contributed by atoms with Crippen LogP contribution in [-0.2, 0) is 23.8 Å². The normalized spacial score (nSPS) is 10.8. The summed E-state index contributed by atoms with van der Waals surface area (Å²) < 4.78 is 16.4. The lowest BCUT2D eigenvalue weighted by molar-refractivity contribution is -0.121. The van der Waals surface area contributed by atoms with Gasteiger partial charge in [-0.15, -0.1) is 11.8 Å². The fourth-order valence-corrected chi connectivity index (χ4v) is 4.59. The van der Waals surface area contributed by atoms with Crippen molar-refractivity contribution in [2.45, 2.75) is 142 Å². The monoisotopic (exact) mass is 610 g/mol. The molecule has 0 spiro atoms. The Labute approximate surface area is 264 Å². The van der Waals surface area contributed by atoms with Crippen LogP contribution in [0.15, 0.2) is 0 Å². The molecule has 0 aromatic carbocycles. The number of amides is 2. The van der Waals surface area contributed by atoms with Gasteiger partial charge in [0, 0.05) is 45.6 Å². The van der Waals surface area contributed by atoms with E-state index >= 15 is 0 Å². The molecule has 0 saturated carbocycles. The van der Waals surface area contributed by atoms with E-state index in [1.54, 1.807) is 0 Å². The van der Waals surface area contributed by atoms with Crippen molar-refractivity contribution in [3.8, 4) is 11.8 Å². The van der Waals surface area contributed by atoms with Crippen LogP contribution in [0.2, 0.25) is 0 Å². The van der Waals surface area contributed by atoms with Crippen molar-refractivity contribution in [3.63, 3.8) is 0 Å². The first kappa shape index (κ1) is 41.3. The molecule has 0 radical (unpaired) electrons. The predicted molar refractivity (Wildman–Crippen MR) is 178 cm³/mol. The van der Waals surface area contributed by atoms with Gasteiger partial charge in [0.1, 0.15) is 0 Å². The van der Waals surface area contributed by atoms with Crippen LogP contribution >= 0.6 is 0 Å². The van der Waals surface area contributed by atoms with Crippen LogP contribution < -0.4 is 16.4 Å². The Kier molecular flexibility index (Phi) is 35.1. The Bertz CT molecular complexity index is 666. The smallest absolute Gasteiger partial charge is 0.233 e. The lowest BCUT2D eigenvalue weighted by atomic mass is 10.1. The molecule has 0 heterocycles. The summed E-state index contributed by atoms with van der Waals surface area (Å²) in [7, 11) is 0. The van der Waals surface area contributed by atoms with Crippen molar-refractivity contribution in [1.82, 2.24) is 10.6 Å². The molecule has 0 atom stereocenters. The van der Waals surface area contributed by atoms with E-state index in [0.29, 0.717) is 59.2 Å². The molecule has 8 heteroatoms. The molecule has 0 aliphatic carbocycles.